The van der Waals surface area contributed by atoms with E-state index in [2.05, 4.69) is 6.92 Å². The Morgan fingerprint density at radius 3 is 2.17 bits per heavy atom. The Morgan fingerprint density at radius 1 is 1.11 bits per heavy atom. The van der Waals surface area contributed by atoms with Crippen molar-refractivity contribution >= 4 is 0 Å². The molecule has 0 heterocycles. The van der Waals surface area contributed by atoms with Gasteiger partial charge in [0.15, 0.2) is 0 Å². The molecule has 1 nitrogen and oxygen atoms in total. The maximum atomic E-state index is 9.55. The molecule has 1 aromatic rings. The first-order chi connectivity index (χ1) is 8.34. The van der Waals surface area contributed by atoms with Crippen LogP contribution in [-0.2, 0) is 17.1 Å². The van der Waals surface area contributed by atoms with Crippen LogP contribution in [0.5, 0.6) is 0 Å². The molecule has 0 saturated carbocycles. The van der Waals surface area contributed by atoms with E-state index in [0.29, 0.717) is 5.76 Å². The number of allylic oxidation sites excluding steroid dienone is 6. The van der Waals surface area contributed by atoms with Crippen molar-refractivity contribution in [3.05, 3.63) is 66.0 Å². The molecule has 2 heteroatoms. The summed E-state index contributed by atoms with van der Waals surface area (Å²) in [7, 11) is 0. The molecule has 2 rings (SSSR count). The quantitative estimate of drug-likeness (QED) is 0.361. The van der Waals surface area contributed by atoms with E-state index in [9.17, 15) is 5.11 Å². The second-order valence-electron chi connectivity index (χ2n) is 4.04. The summed E-state index contributed by atoms with van der Waals surface area (Å²) in [6.07, 6.45) is 12.1. The van der Waals surface area contributed by atoms with Gasteiger partial charge >= 0.3 is 0 Å². The van der Waals surface area contributed by atoms with Crippen LogP contribution in [0.3, 0.4) is 0 Å². The molecule has 0 aromatic heterocycles. The van der Waals surface area contributed by atoms with Crippen LogP contribution < -0.4 is 0 Å². The van der Waals surface area contributed by atoms with Gasteiger partial charge in [-0.3, -0.25) is 0 Å². The number of aliphatic hydroxyl groups is 1. The second kappa shape index (κ2) is 11.0. The zero-order valence-corrected chi connectivity index (χ0v) is 11.9. The third kappa shape index (κ3) is 7.26. The SMILES string of the molecule is CCCCCC(O)=C1C=CC=C1.[Fe].c1cc[cH-]c1. The fraction of sp³-hybridized carbons (Fsp3) is 0.312. The third-order valence-electron chi connectivity index (χ3n) is 2.57. The number of hydrogen-bond acceptors (Lipinski definition) is 1. The summed E-state index contributed by atoms with van der Waals surface area (Å²) in [5.74, 6) is 0.536. The largest absolute Gasteiger partial charge is 0.512 e. The number of aliphatic hydroxyl groups excluding tert-OH is 1. The number of unbranched alkanes of at least 4 members (excludes halogenated alkanes) is 2. The summed E-state index contributed by atoms with van der Waals surface area (Å²) in [4.78, 5) is 0. The second-order valence-corrected chi connectivity index (χ2v) is 4.04. The molecule has 0 atom stereocenters. The van der Waals surface area contributed by atoms with Crippen LogP contribution in [0.15, 0.2) is 66.0 Å². The monoisotopic (exact) mass is 285 g/mol. The van der Waals surface area contributed by atoms with Crippen molar-refractivity contribution in [2.75, 3.05) is 0 Å². The van der Waals surface area contributed by atoms with Gasteiger partial charge in [0, 0.05) is 29.1 Å². The van der Waals surface area contributed by atoms with Gasteiger partial charge in [0.2, 0.25) is 0 Å². The summed E-state index contributed by atoms with van der Waals surface area (Å²) < 4.78 is 0. The Labute approximate surface area is 121 Å². The van der Waals surface area contributed by atoms with Crippen LogP contribution >= 0.6 is 0 Å². The van der Waals surface area contributed by atoms with E-state index in [1.54, 1.807) is 0 Å². The minimum Gasteiger partial charge on any atom is -0.512 e. The van der Waals surface area contributed by atoms with Crippen LogP contribution in [0.1, 0.15) is 32.6 Å². The summed E-state index contributed by atoms with van der Waals surface area (Å²) in [6.45, 7) is 2.17. The Bertz CT molecular complexity index is 341. The maximum absolute atomic E-state index is 9.55. The average Bonchev–Trinajstić information content (AvgIpc) is 3.05. The van der Waals surface area contributed by atoms with E-state index in [-0.39, 0.29) is 17.1 Å². The van der Waals surface area contributed by atoms with Crippen molar-refractivity contribution in [1.29, 1.82) is 0 Å². The van der Waals surface area contributed by atoms with Crippen LogP contribution in [-0.4, -0.2) is 5.11 Å². The Kier molecular flexibility index (Phi) is 10.3. The molecular weight excluding hydrogens is 264 g/mol. The zero-order valence-electron chi connectivity index (χ0n) is 10.8. The van der Waals surface area contributed by atoms with Crippen LogP contribution in [0.25, 0.3) is 0 Å². The normalized spacial score (nSPS) is 11.7. The van der Waals surface area contributed by atoms with Crippen molar-refractivity contribution in [2.24, 2.45) is 0 Å². The smallest absolute Gasteiger partial charge is 0.0994 e. The van der Waals surface area contributed by atoms with Crippen molar-refractivity contribution in [3.63, 3.8) is 0 Å². The van der Waals surface area contributed by atoms with E-state index >= 15 is 0 Å². The summed E-state index contributed by atoms with van der Waals surface area (Å²) in [5.41, 5.74) is 0.978. The topological polar surface area (TPSA) is 20.2 Å². The molecule has 1 aliphatic rings. The molecule has 0 fully saturated rings. The standard InChI is InChI=1S/C11H16O.C5H5.Fe/c1-2-3-4-9-11(12)10-7-5-6-8-10;1-2-4-5-3-1;/h5-8,12H,2-4,9H2,1H3;1-5H;/q;-1;. The van der Waals surface area contributed by atoms with Crippen molar-refractivity contribution < 1.29 is 22.2 Å². The van der Waals surface area contributed by atoms with Gasteiger partial charge in [-0.1, -0.05) is 44.1 Å². The fourth-order valence-corrected chi connectivity index (χ4v) is 1.57. The summed E-state index contributed by atoms with van der Waals surface area (Å²) in [6, 6.07) is 10.0. The van der Waals surface area contributed by atoms with Gasteiger partial charge in [0.25, 0.3) is 0 Å². The minimum atomic E-state index is 0. The van der Waals surface area contributed by atoms with E-state index in [1.807, 2.05) is 54.6 Å². The van der Waals surface area contributed by atoms with Gasteiger partial charge in [-0.25, -0.2) is 12.1 Å². The van der Waals surface area contributed by atoms with Crippen LogP contribution in [0.4, 0.5) is 0 Å². The Hall–Kier alpha value is -1.11. The molecule has 1 aromatic carbocycles. The predicted octanol–water partition coefficient (Wildman–Crippen LogP) is 4.91. The Morgan fingerprint density at radius 2 is 1.72 bits per heavy atom. The summed E-state index contributed by atoms with van der Waals surface area (Å²) in [5, 5.41) is 9.55. The van der Waals surface area contributed by atoms with Gasteiger partial charge in [-0.05, 0) is 6.42 Å². The van der Waals surface area contributed by atoms with E-state index in [4.69, 9.17) is 0 Å². The molecule has 0 unspecified atom stereocenters. The fourth-order valence-electron chi connectivity index (χ4n) is 1.57. The average molecular weight is 285 g/mol. The minimum absolute atomic E-state index is 0. The molecule has 0 saturated heterocycles. The molecule has 0 spiro atoms. The molecule has 0 radical (unpaired) electrons. The van der Waals surface area contributed by atoms with Crippen LogP contribution in [0.2, 0.25) is 0 Å². The number of rotatable bonds is 4. The molecule has 18 heavy (non-hydrogen) atoms. The maximum Gasteiger partial charge on any atom is 0.0994 e. The van der Waals surface area contributed by atoms with Crippen molar-refractivity contribution in [2.45, 2.75) is 32.6 Å². The molecular formula is C16H21FeO-. The van der Waals surface area contributed by atoms with Gasteiger partial charge in [0.05, 0.1) is 5.76 Å². The first-order valence-electron chi connectivity index (χ1n) is 6.28. The molecule has 0 bridgehead atoms. The van der Waals surface area contributed by atoms with Crippen molar-refractivity contribution in [3.8, 4) is 0 Å². The zero-order chi connectivity index (χ0) is 12.3. The van der Waals surface area contributed by atoms with Gasteiger partial charge in [-0.15, -0.1) is 0 Å². The molecule has 1 N–H and O–H groups in total. The molecule has 100 valence electrons. The third-order valence-corrected chi connectivity index (χ3v) is 2.57. The Balaban J connectivity index is 0.000000405. The first kappa shape index (κ1) is 16.9. The number of hydrogen-bond donors (Lipinski definition) is 1. The van der Waals surface area contributed by atoms with Gasteiger partial charge in [0.1, 0.15) is 0 Å². The molecule has 1 aliphatic carbocycles. The van der Waals surface area contributed by atoms with Crippen LogP contribution in [0, 0.1) is 0 Å². The van der Waals surface area contributed by atoms with E-state index in [1.165, 1.54) is 12.8 Å². The molecule has 0 aliphatic heterocycles. The van der Waals surface area contributed by atoms with Gasteiger partial charge in [-0.2, -0.15) is 18.2 Å². The molecule has 0 amide bonds. The van der Waals surface area contributed by atoms with E-state index in [0.717, 1.165) is 18.4 Å². The predicted molar refractivity (Wildman–Crippen MR) is 74.1 cm³/mol. The van der Waals surface area contributed by atoms with E-state index < -0.39 is 0 Å². The first-order valence-corrected chi connectivity index (χ1v) is 6.28. The van der Waals surface area contributed by atoms with Crippen molar-refractivity contribution in [1.82, 2.24) is 0 Å². The summed E-state index contributed by atoms with van der Waals surface area (Å²) >= 11 is 0. The van der Waals surface area contributed by atoms with Gasteiger partial charge < -0.3 is 5.11 Å².